The van der Waals surface area contributed by atoms with Gasteiger partial charge >= 0.3 is 0 Å². The van der Waals surface area contributed by atoms with Crippen LogP contribution in [0.2, 0.25) is 0 Å². The number of rotatable bonds is 6. The Bertz CT molecular complexity index is 400. The third-order valence-corrected chi connectivity index (χ3v) is 2.88. The van der Waals surface area contributed by atoms with Gasteiger partial charge in [0.25, 0.3) is 5.69 Å². The summed E-state index contributed by atoms with van der Waals surface area (Å²) in [5, 5.41) is 13.6. The summed E-state index contributed by atoms with van der Waals surface area (Å²) in [5.41, 5.74) is -0.00995. The zero-order valence-electron chi connectivity index (χ0n) is 9.81. The van der Waals surface area contributed by atoms with Crippen LogP contribution in [-0.2, 0) is 0 Å². The minimum absolute atomic E-state index is 0.00995. The van der Waals surface area contributed by atoms with Crippen LogP contribution in [0, 0.1) is 10.1 Å². The van der Waals surface area contributed by atoms with Crippen molar-refractivity contribution in [2.75, 3.05) is 32.1 Å². The second-order valence-electron chi connectivity index (χ2n) is 3.63. The number of nitrogens with one attached hydrogen (secondary N) is 1. The lowest BCUT2D eigenvalue weighted by Crippen LogP contribution is -2.23. The normalized spacial score (nSPS) is 10.3. The fourth-order valence-corrected chi connectivity index (χ4v) is 2.04. The van der Waals surface area contributed by atoms with Crippen molar-refractivity contribution in [3.05, 3.63) is 26.9 Å². The molecule has 0 spiro atoms. The number of halogens is 1. The molecule has 6 nitrogen and oxygen atoms in total. The first-order chi connectivity index (χ1) is 8.06. The van der Waals surface area contributed by atoms with Crippen molar-refractivity contribution in [1.82, 2.24) is 10.3 Å². The first-order valence-electron chi connectivity index (χ1n) is 5.22. The topological polar surface area (TPSA) is 71.3 Å². The van der Waals surface area contributed by atoms with Crippen LogP contribution in [0.4, 0.5) is 11.5 Å². The van der Waals surface area contributed by atoms with E-state index < -0.39 is 4.92 Å². The highest BCUT2D eigenvalue weighted by molar-refractivity contribution is 9.10. The lowest BCUT2D eigenvalue weighted by molar-refractivity contribution is -0.385. The van der Waals surface area contributed by atoms with Gasteiger partial charge in [0, 0.05) is 19.7 Å². The molecule has 1 N–H and O–H groups in total. The number of nitro groups is 1. The molecule has 0 aliphatic rings. The SMILES string of the molecule is CNCCCN(C)c1ncc([N+](=O)[O-])cc1Br. The van der Waals surface area contributed by atoms with Crippen LogP contribution in [0.1, 0.15) is 6.42 Å². The summed E-state index contributed by atoms with van der Waals surface area (Å²) in [6.45, 7) is 1.76. The van der Waals surface area contributed by atoms with E-state index in [1.165, 1.54) is 12.3 Å². The average Bonchev–Trinajstić information content (AvgIpc) is 2.28. The van der Waals surface area contributed by atoms with E-state index in [1.807, 2.05) is 19.0 Å². The third kappa shape index (κ3) is 3.94. The molecule has 94 valence electrons. The summed E-state index contributed by atoms with van der Waals surface area (Å²) in [6.07, 6.45) is 2.26. The molecule has 1 heterocycles. The quantitative estimate of drug-likeness (QED) is 0.493. The van der Waals surface area contributed by atoms with E-state index in [9.17, 15) is 10.1 Å². The predicted molar refractivity (Wildman–Crippen MR) is 70.4 cm³/mol. The Morgan fingerprint density at radius 1 is 1.65 bits per heavy atom. The van der Waals surface area contributed by atoms with Gasteiger partial charge in [-0.05, 0) is 35.9 Å². The second kappa shape index (κ2) is 6.51. The number of hydrogen-bond acceptors (Lipinski definition) is 5. The fourth-order valence-electron chi connectivity index (χ4n) is 1.40. The smallest absolute Gasteiger partial charge is 0.288 e. The van der Waals surface area contributed by atoms with Crippen LogP contribution in [-0.4, -0.2) is 37.1 Å². The van der Waals surface area contributed by atoms with Crippen molar-refractivity contribution in [3.8, 4) is 0 Å². The molecule has 0 saturated heterocycles. The van der Waals surface area contributed by atoms with Gasteiger partial charge < -0.3 is 10.2 Å². The average molecular weight is 303 g/mol. The maximum absolute atomic E-state index is 10.6. The van der Waals surface area contributed by atoms with Crippen LogP contribution in [0.25, 0.3) is 0 Å². The van der Waals surface area contributed by atoms with Crippen molar-refractivity contribution in [2.24, 2.45) is 0 Å². The van der Waals surface area contributed by atoms with Crippen LogP contribution < -0.4 is 10.2 Å². The predicted octanol–water partition coefficient (Wildman–Crippen LogP) is 1.80. The van der Waals surface area contributed by atoms with Crippen LogP contribution in [0.3, 0.4) is 0 Å². The summed E-state index contributed by atoms with van der Waals surface area (Å²) in [7, 11) is 3.81. The molecule has 0 aliphatic heterocycles. The molecule has 1 aromatic rings. The first-order valence-corrected chi connectivity index (χ1v) is 6.01. The lowest BCUT2D eigenvalue weighted by Gasteiger charge is -2.18. The van der Waals surface area contributed by atoms with Gasteiger partial charge in [0.05, 0.1) is 9.40 Å². The van der Waals surface area contributed by atoms with Gasteiger partial charge in [0.15, 0.2) is 0 Å². The van der Waals surface area contributed by atoms with E-state index >= 15 is 0 Å². The van der Waals surface area contributed by atoms with E-state index in [-0.39, 0.29) is 5.69 Å². The Morgan fingerprint density at radius 3 is 2.88 bits per heavy atom. The Morgan fingerprint density at radius 2 is 2.35 bits per heavy atom. The Balaban J connectivity index is 2.74. The van der Waals surface area contributed by atoms with E-state index in [4.69, 9.17) is 0 Å². The lowest BCUT2D eigenvalue weighted by atomic mass is 10.3. The number of nitrogens with zero attached hydrogens (tertiary/aromatic N) is 3. The van der Waals surface area contributed by atoms with E-state index in [0.29, 0.717) is 10.3 Å². The minimum Gasteiger partial charge on any atom is -0.359 e. The molecular weight excluding hydrogens is 288 g/mol. The first kappa shape index (κ1) is 13.9. The molecule has 1 aromatic heterocycles. The van der Waals surface area contributed by atoms with Gasteiger partial charge in [-0.25, -0.2) is 4.98 Å². The van der Waals surface area contributed by atoms with Crippen LogP contribution in [0.5, 0.6) is 0 Å². The maximum Gasteiger partial charge on any atom is 0.288 e. The Kier molecular flexibility index (Phi) is 5.30. The van der Waals surface area contributed by atoms with E-state index in [2.05, 4.69) is 26.2 Å². The maximum atomic E-state index is 10.6. The number of pyridine rings is 1. The largest absolute Gasteiger partial charge is 0.359 e. The highest BCUT2D eigenvalue weighted by atomic mass is 79.9. The van der Waals surface area contributed by atoms with E-state index in [1.54, 1.807) is 0 Å². The Labute approximate surface area is 108 Å². The molecule has 0 aromatic carbocycles. The molecule has 0 aliphatic carbocycles. The number of anilines is 1. The molecule has 1 rings (SSSR count). The van der Waals surface area contributed by atoms with Crippen molar-refractivity contribution in [2.45, 2.75) is 6.42 Å². The molecule has 0 fully saturated rings. The van der Waals surface area contributed by atoms with Gasteiger partial charge in [-0.2, -0.15) is 0 Å². The van der Waals surface area contributed by atoms with Crippen LogP contribution >= 0.6 is 15.9 Å². The van der Waals surface area contributed by atoms with Gasteiger partial charge in [-0.1, -0.05) is 0 Å². The standard InChI is InChI=1S/C10H15BrN4O2/c1-12-4-3-5-14(2)10-9(11)6-8(7-13-10)15(16)17/h6-7,12H,3-5H2,1-2H3. The molecule has 17 heavy (non-hydrogen) atoms. The zero-order valence-corrected chi connectivity index (χ0v) is 11.4. The molecule has 0 amide bonds. The second-order valence-corrected chi connectivity index (χ2v) is 4.49. The highest BCUT2D eigenvalue weighted by Crippen LogP contribution is 2.26. The molecule has 0 bridgehead atoms. The van der Waals surface area contributed by atoms with Crippen molar-refractivity contribution in [3.63, 3.8) is 0 Å². The summed E-state index contributed by atoms with van der Waals surface area (Å²) in [4.78, 5) is 16.2. The van der Waals surface area contributed by atoms with Gasteiger partial charge in [-0.3, -0.25) is 10.1 Å². The third-order valence-electron chi connectivity index (χ3n) is 2.30. The monoisotopic (exact) mass is 302 g/mol. The van der Waals surface area contributed by atoms with Gasteiger partial charge in [-0.15, -0.1) is 0 Å². The van der Waals surface area contributed by atoms with E-state index in [0.717, 1.165) is 19.5 Å². The summed E-state index contributed by atoms with van der Waals surface area (Å²) >= 11 is 3.30. The minimum atomic E-state index is -0.456. The number of aromatic nitrogens is 1. The molecule has 0 unspecified atom stereocenters. The highest BCUT2D eigenvalue weighted by Gasteiger charge is 2.13. The molecule has 0 radical (unpaired) electrons. The van der Waals surface area contributed by atoms with Crippen molar-refractivity contribution < 1.29 is 4.92 Å². The molecule has 0 saturated carbocycles. The van der Waals surface area contributed by atoms with Crippen molar-refractivity contribution in [1.29, 1.82) is 0 Å². The summed E-state index contributed by atoms with van der Waals surface area (Å²) < 4.78 is 0.638. The molecular formula is C10H15BrN4O2. The van der Waals surface area contributed by atoms with Gasteiger partial charge in [0.1, 0.15) is 12.0 Å². The summed E-state index contributed by atoms with van der Waals surface area (Å²) in [5.74, 6) is 0.715. The Hall–Kier alpha value is -1.21. The zero-order chi connectivity index (χ0) is 12.8. The summed E-state index contributed by atoms with van der Waals surface area (Å²) in [6, 6.07) is 1.47. The molecule has 7 heteroatoms. The van der Waals surface area contributed by atoms with Crippen LogP contribution in [0.15, 0.2) is 16.7 Å². The van der Waals surface area contributed by atoms with Crippen molar-refractivity contribution >= 4 is 27.4 Å². The molecule has 0 atom stereocenters. The fraction of sp³-hybridized carbons (Fsp3) is 0.500. The van der Waals surface area contributed by atoms with Gasteiger partial charge in [0.2, 0.25) is 0 Å². The number of hydrogen-bond donors (Lipinski definition) is 1.